The molecule has 110 valence electrons. The second-order valence-corrected chi connectivity index (χ2v) is 5.56. The minimum Gasteiger partial charge on any atom is -0.478 e. The molecule has 0 fully saturated rings. The Morgan fingerprint density at radius 3 is 2.45 bits per heavy atom. The van der Waals surface area contributed by atoms with Gasteiger partial charge in [0.25, 0.3) is 0 Å². The molecule has 1 aromatic rings. The number of rotatable bonds is 5. The molecule has 0 atom stereocenters. The molecule has 0 saturated carbocycles. The summed E-state index contributed by atoms with van der Waals surface area (Å²) in [6, 6.07) is 6.14. The van der Waals surface area contributed by atoms with Crippen molar-refractivity contribution in [2.24, 2.45) is 5.41 Å². The average molecular weight is 278 g/mol. The standard InChI is InChI=1S/C15H22N2O3/c1-5-15(2,3)10-16-14(20)17(4)12-9-7-6-8-11(12)13(18)19/h6-9H,5,10H2,1-4H3,(H,16,20)(H,18,19). The summed E-state index contributed by atoms with van der Waals surface area (Å²) in [4.78, 5) is 24.6. The minimum atomic E-state index is -1.05. The Morgan fingerprint density at radius 1 is 1.30 bits per heavy atom. The van der Waals surface area contributed by atoms with Crippen LogP contribution in [0.15, 0.2) is 24.3 Å². The van der Waals surface area contributed by atoms with Gasteiger partial charge < -0.3 is 10.4 Å². The lowest BCUT2D eigenvalue weighted by atomic mass is 9.90. The number of nitrogens with zero attached hydrogens (tertiary/aromatic N) is 1. The normalized spacial score (nSPS) is 11.0. The molecule has 5 nitrogen and oxygen atoms in total. The third kappa shape index (κ3) is 3.98. The number of urea groups is 1. The van der Waals surface area contributed by atoms with Crippen LogP contribution in [0.3, 0.4) is 0 Å². The fourth-order valence-electron chi connectivity index (χ4n) is 1.61. The smallest absolute Gasteiger partial charge is 0.337 e. The van der Waals surface area contributed by atoms with Crippen LogP contribution in [0.5, 0.6) is 0 Å². The van der Waals surface area contributed by atoms with E-state index in [-0.39, 0.29) is 17.0 Å². The number of anilines is 1. The summed E-state index contributed by atoms with van der Waals surface area (Å²) in [5.74, 6) is -1.05. The zero-order chi connectivity index (χ0) is 15.3. The quantitative estimate of drug-likeness (QED) is 0.870. The number of hydrogen-bond acceptors (Lipinski definition) is 2. The minimum absolute atomic E-state index is 0.0167. The summed E-state index contributed by atoms with van der Waals surface area (Å²) in [5.41, 5.74) is 0.509. The monoisotopic (exact) mass is 278 g/mol. The third-order valence-corrected chi connectivity index (χ3v) is 3.48. The van der Waals surface area contributed by atoms with Crippen molar-refractivity contribution in [1.29, 1.82) is 0 Å². The van der Waals surface area contributed by atoms with Crippen LogP contribution in [0.25, 0.3) is 0 Å². The van der Waals surface area contributed by atoms with E-state index in [2.05, 4.69) is 26.1 Å². The third-order valence-electron chi connectivity index (χ3n) is 3.48. The maximum absolute atomic E-state index is 12.1. The van der Waals surface area contributed by atoms with Gasteiger partial charge in [0.2, 0.25) is 0 Å². The second kappa shape index (κ2) is 6.41. The van der Waals surface area contributed by atoms with E-state index in [1.165, 1.54) is 11.0 Å². The first kappa shape index (κ1) is 16.0. The van der Waals surface area contributed by atoms with Crippen LogP contribution in [-0.2, 0) is 0 Å². The highest BCUT2D eigenvalue weighted by Gasteiger charge is 2.20. The molecule has 2 N–H and O–H groups in total. The largest absolute Gasteiger partial charge is 0.478 e. The maximum Gasteiger partial charge on any atom is 0.337 e. The zero-order valence-electron chi connectivity index (χ0n) is 12.4. The molecule has 1 aromatic carbocycles. The lowest BCUT2D eigenvalue weighted by molar-refractivity contribution is 0.0697. The molecule has 5 heteroatoms. The van der Waals surface area contributed by atoms with E-state index >= 15 is 0 Å². The molecule has 0 aliphatic rings. The van der Waals surface area contributed by atoms with Crippen LogP contribution >= 0.6 is 0 Å². The van der Waals surface area contributed by atoms with Crippen LogP contribution in [-0.4, -0.2) is 30.7 Å². The molecule has 0 radical (unpaired) electrons. The molecular weight excluding hydrogens is 256 g/mol. The number of carbonyl (C=O) groups excluding carboxylic acids is 1. The number of carbonyl (C=O) groups is 2. The molecule has 0 bridgehead atoms. The molecule has 0 heterocycles. The SMILES string of the molecule is CCC(C)(C)CNC(=O)N(C)c1ccccc1C(=O)O. The van der Waals surface area contributed by atoms with Gasteiger partial charge in [0, 0.05) is 13.6 Å². The van der Waals surface area contributed by atoms with Crippen molar-refractivity contribution >= 4 is 17.7 Å². The van der Waals surface area contributed by atoms with E-state index in [1.54, 1.807) is 25.2 Å². The van der Waals surface area contributed by atoms with Gasteiger partial charge in [-0.15, -0.1) is 0 Å². The molecule has 0 unspecified atom stereocenters. The number of carboxylic acids is 1. The highest BCUT2D eigenvalue weighted by atomic mass is 16.4. The fourth-order valence-corrected chi connectivity index (χ4v) is 1.61. The summed E-state index contributed by atoms with van der Waals surface area (Å²) < 4.78 is 0. The second-order valence-electron chi connectivity index (χ2n) is 5.56. The van der Waals surface area contributed by atoms with Gasteiger partial charge >= 0.3 is 12.0 Å². The van der Waals surface area contributed by atoms with Gasteiger partial charge in [-0.25, -0.2) is 9.59 Å². The Balaban J connectivity index is 2.82. The number of carboxylic acid groups (broad SMARTS) is 1. The number of aromatic carboxylic acids is 1. The van der Waals surface area contributed by atoms with Crippen LogP contribution in [0, 0.1) is 5.41 Å². The lowest BCUT2D eigenvalue weighted by Gasteiger charge is -2.26. The summed E-state index contributed by atoms with van der Waals surface area (Å²) in [6.07, 6.45) is 0.947. The fraction of sp³-hybridized carbons (Fsp3) is 0.467. The van der Waals surface area contributed by atoms with Gasteiger partial charge in [-0.2, -0.15) is 0 Å². The molecule has 20 heavy (non-hydrogen) atoms. The highest BCUT2D eigenvalue weighted by molar-refractivity contribution is 6.01. The predicted molar refractivity (Wildman–Crippen MR) is 79.3 cm³/mol. The predicted octanol–water partition coefficient (Wildman–Crippen LogP) is 2.97. The first-order valence-electron chi connectivity index (χ1n) is 6.62. The lowest BCUT2D eigenvalue weighted by Crippen LogP contribution is -2.42. The van der Waals surface area contributed by atoms with Crippen LogP contribution < -0.4 is 10.2 Å². The number of nitrogens with one attached hydrogen (secondary N) is 1. The first-order valence-corrected chi connectivity index (χ1v) is 6.62. The molecule has 0 spiro atoms. The van der Waals surface area contributed by atoms with E-state index in [4.69, 9.17) is 5.11 Å². The van der Waals surface area contributed by atoms with Crippen molar-refractivity contribution in [1.82, 2.24) is 5.32 Å². The molecule has 2 amide bonds. The Kier molecular flexibility index (Phi) is 5.13. The Labute approximate surface area is 119 Å². The van der Waals surface area contributed by atoms with Crippen LogP contribution in [0.2, 0.25) is 0 Å². The molecule has 0 saturated heterocycles. The van der Waals surface area contributed by atoms with Crippen molar-refractivity contribution in [3.8, 4) is 0 Å². The summed E-state index contributed by atoms with van der Waals surface area (Å²) in [7, 11) is 1.57. The topological polar surface area (TPSA) is 69.6 Å². The number of benzene rings is 1. The maximum atomic E-state index is 12.1. The van der Waals surface area contributed by atoms with Gasteiger partial charge in [0.1, 0.15) is 0 Å². The first-order chi connectivity index (χ1) is 9.28. The summed E-state index contributed by atoms with van der Waals surface area (Å²) in [5, 5.41) is 12.0. The van der Waals surface area contributed by atoms with Gasteiger partial charge in [-0.05, 0) is 24.0 Å². The Morgan fingerprint density at radius 2 is 1.90 bits per heavy atom. The summed E-state index contributed by atoms with van der Waals surface area (Å²) >= 11 is 0. The van der Waals surface area contributed by atoms with Gasteiger partial charge in [0.05, 0.1) is 11.3 Å². The van der Waals surface area contributed by atoms with Crippen molar-refractivity contribution < 1.29 is 14.7 Å². The molecule has 0 aliphatic carbocycles. The van der Waals surface area contributed by atoms with E-state index < -0.39 is 5.97 Å². The van der Waals surface area contributed by atoms with E-state index in [1.807, 2.05) is 0 Å². The number of amides is 2. The average Bonchev–Trinajstić information content (AvgIpc) is 2.44. The number of para-hydroxylation sites is 1. The van der Waals surface area contributed by atoms with Crippen molar-refractivity contribution in [3.63, 3.8) is 0 Å². The van der Waals surface area contributed by atoms with Crippen LogP contribution in [0.1, 0.15) is 37.6 Å². The highest BCUT2D eigenvalue weighted by Crippen LogP contribution is 2.20. The van der Waals surface area contributed by atoms with E-state index in [0.29, 0.717) is 12.2 Å². The summed E-state index contributed by atoms with van der Waals surface area (Å²) in [6.45, 7) is 6.74. The zero-order valence-corrected chi connectivity index (χ0v) is 12.4. The molecular formula is C15H22N2O3. The van der Waals surface area contributed by atoms with Crippen LogP contribution in [0.4, 0.5) is 10.5 Å². The van der Waals surface area contributed by atoms with E-state index in [9.17, 15) is 9.59 Å². The molecule has 1 rings (SSSR count). The van der Waals surface area contributed by atoms with E-state index in [0.717, 1.165) is 6.42 Å². The van der Waals surface area contributed by atoms with Crippen molar-refractivity contribution in [2.45, 2.75) is 27.2 Å². The van der Waals surface area contributed by atoms with Crippen molar-refractivity contribution in [3.05, 3.63) is 29.8 Å². The van der Waals surface area contributed by atoms with Crippen molar-refractivity contribution in [2.75, 3.05) is 18.5 Å². The Hall–Kier alpha value is -2.04. The molecule has 0 aromatic heterocycles. The van der Waals surface area contributed by atoms with Gasteiger partial charge in [-0.1, -0.05) is 32.9 Å². The van der Waals surface area contributed by atoms with Gasteiger partial charge in [0.15, 0.2) is 0 Å². The number of hydrogen-bond donors (Lipinski definition) is 2. The Bertz CT molecular complexity index is 498. The van der Waals surface area contributed by atoms with Gasteiger partial charge in [-0.3, -0.25) is 4.90 Å². The molecule has 0 aliphatic heterocycles.